The van der Waals surface area contributed by atoms with E-state index in [1.807, 2.05) is 61.5 Å². The number of rotatable bonds is 3. The highest BCUT2D eigenvalue weighted by Crippen LogP contribution is 2.34. The summed E-state index contributed by atoms with van der Waals surface area (Å²) < 4.78 is 0. The van der Waals surface area contributed by atoms with Crippen molar-refractivity contribution in [2.45, 2.75) is 6.92 Å². The van der Waals surface area contributed by atoms with Crippen LogP contribution in [0.3, 0.4) is 0 Å². The SMILES string of the molecule is Cc1c(-c2ccccc2)nc2ccccc2c1C(=O)Nc1cccc2c1C(=O)c1ccccc1C2=O. The van der Waals surface area contributed by atoms with Crippen molar-refractivity contribution in [1.82, 2.24) is 4.98 Å². The monoisotopic (exact) mass is 468 g/mol. The number of benzene rings is 4. The third-order valence-corrected chi connectivity index (χ3v) is 6.61. The van der Waals surface area contributed by atoms with Crippen LogP contribution in [0.2, 0.25) is 0 Å². The molecule has 5 aromatic rings. The number of ketones is 2. The predicted octanol–water partition coefficient (Wildman–Crippen LogP) is 6.24. The van der Waals surface area contributed by atoms with E-state index in [9.17, 15) is 14.4 Å². The third-order valence-electron chi connectivity index (χ3n) is 6.61. The number of pyridine rings is 1. The van der Waals surface area contributed by atoms with Gasteiger partial charge in [-0.1, -0.05) is 84.9 Å². The van der Waals surface area contributed by atoms with Crippen molar-refractivity contribution in [3.8, 4) is 11.3 Å². The Labute approximate surface area is 207 Å². The number of carbonyl (C=O) groups is 3. The number of hydrogen-bond donors (Lipinski definition) is 1. The molecule has 0 fully saturated rings. The Morgan fingerprint density at radius 1 is 0.694 bits per heavy atom. The van der Waals surface area contributed by atoms with Crippen LogP contribution in [0, 0.1) is 6.92 Å². The van der Waals surface area contributed by atoms with Gasteiger partial charge in [0.2, 0.25) is 0 Å². The summed E-state index contributed by atoms with van der Waals surface area (Å²) in [6.45, 7) is 1.88. The number of para-hydroxylation sites is 1. The van der Waals surface area contributed by atoms with Crippen LogP contribution in [0.5, 0.6) is 0 Å². The van der Waals surface area contributed by atoms with Gasteiger partial charge < -0.3 is 5.32 Å². The molecule has 0 atom stereocenters. The lowest BCUT2D eigenvalue weighted by atomic mass is 9.83. The van der Waals surface area contributed by atoms with Crippen molar-refractivity contribution in [2.24, 2.45) is 0 Å². The number of nitrogens with zero attached hydrogens (tertiary/aromatic N) is 1. The van der Waals surface area contributed by atoms with Crippen molar-refractivity contribution >= 4 is 34.1 Å². The van der Waals surface area contributed by atoms with Crippen LogP contribution in [-0.4, -0.2) is 22.5 Å². The highest BCUT2D eigenvalue weighted by molar-refractivity contribution is 6.31. The highest BCUT2D eigenvalue weighted by atomic mass is 16.2. The molecular formula is C31H20N2O3. The lowest BCUT2D eigenvalue weighted by Gasteiger charge is -2.21. The molecule has 0 saturated heterocycles. The largest absolute Gasteiger partial charge is 0.321 e. The average Bonchev–Trinajstić information content (AvgIpc) is 2.91. The van der Waals surface area contributed by atoms with Gasteiger partial charge in [0.15, 0.2) is 11.6 Å². The molecule has 0 radical (unpaired) electrons. The van der Waals surface area contributed by atoms with Crippen LogP contribution in [0.25, 0.3) is 22.2 Å². The topological polar surface area (TPSA) is 76.1 Å². The molecule has 172 valence electrons. The average molecular weight is 469 g/mol. The van der Waals surface area contributed by atoms with Crippen molar-refractivity contribution < 1.29 is 14.4 Å². The molecule has 0 bridgehead atoms. The Hall–Kier alpha value is -4.90. The molecule has 0 spiro atoms. The first-order chi connectivity index (χ1) is 17.5. The molecule has 0 saturated carbocycles. The van der Waals surface area contributed by atoms with Crippen LogP contribution < -0.4 is 5.32 Å². The van der Waals surface area contributed by atoms with E-state index in [0.29, 0.717) is 33.3 Å². The molecule has 0 aliphatic heterocycles. The molecule has 1 aliphatic carbocycles. The van der Waals surface area contributed by atoms with Gasteiger partial charge in [-0.3, -0.25) is 14.4 Å². The Morgan fingerprint density at radius 2 is 1.33 bits per heavy atom. The van der Waals surface area contributed by atoms with E-state index in [0.717, 1.165) is 16.8 Å². The fourth-order valence-electron chi connectivity index (χ4n) is 4.91. The summed E-state index contributed by atoms with van der Waals surface area (Å²) in [5, 5.41) is 3.65. The molecule has 6 rings (SSSR count). The summed E-state index contributed by atoms with van der Waals surface area (Å²) in [7, 11) is 0. The number of nitrogens with one attached hydrogen (secondary N) is 1. The molecule has 1 aliphatic rings. The maximum Gasteiger partial charge on any atom is 0.256 e. The molecule has 1 aromatic heterocycles. The first-order valence-electron chi connectivity index (χ1n) is 11.6. The maximum absolute atomic E-state index is 13.8. The summed E-state index contributed by atoms with van der Waals surface area (Å²) in [4.78, 5) is 45.2. The Balaban J connectivity index is 1.49. The van der Waals surface area contributed by atoms with Gasteiger partial charge in [-0.15, -0.1) is 0 Å². The lowest BCUT2D eigenvalue weighted by molar-refractivity contribution is 0.0978. The molecule has 36 heavy (non-hydrogen) atoms. The van der Waals surface area contributed by atoms with Gasteiger partial charge in [-0.2, -0.15) is 0 Å². The second-order valence-corrected chi connectivity index (χ2v) is 8.73. The smallest absolute Gasteiger partial charge is 0.256 e. The van der Waals surface area contributed by atoms with Gasteiger partial charge in [0, 0.05) is 27.6 Å². The van der Waals surface area contributed by atoms with E-state index in [4.69, 9.17) is 4.98 Å². The minimum atomic E-state index is -0.365. The van der Waals surface area contributed by atoms with Crippen molar-refractivity contribution in [1.29, 1.82) is 0 Å². The zero-order valence-electron chi connectivity index (χ0n) is 19.4. The summed E-state index contributed by atoms with van der Waals surface area (Å²) in [6, 6.07) is 28.9. The van der Waals surface area contributed by atoms with Crippen molar-refractivity contribution in [3.63, 3.8) is 0 Å². The van der Waals surface area contributed by atoms with Gasteiger partial charge in [0.1, 0.15) is 0 Å². The normalized spacial score (nSPS) is 12.2. The Morgan fingerprint density at radius 3 is 2.11 bits per heavy atom. The predicted molar refractivity (Wildman–Crippen MR) is 140 cm³/mol. The van der Waals surface area contributed by atoms with E-state index in [1.165, 1.54) is 0 Å². The standard InChI is InChI=1S/C31H20N2O3/c1-18-26(22-14-7-8-16-24(22)32-28(18)19-10-3-2-4-11-19)31(36)33-25-17-9-15-23-27(25)30(35)21-13-6-5-12-20(21)29(23)34/h2-17H,1H3,(H,33,36). The zero-order chi connectivity index (χ0) is 24.8. The van der Waals surface area contributed by atoms with E-state index in [1.54, 1.807) is 42.5 Å². The van der Waals surface area contributed by atoms with E-state index in [2.05, 4.69) is 5.32 Å². The van der Waals surface area contributed by atoms with E-state index < -0.39 is 0 Å². The summed E-state index contributed by atoms with van der Waals surface area (Å²) >= 11 is 0. The maximum atomic E-state index is 13.8. The second-order valence-electron chi connectivity index (χ2n) is 8.73. The summed E-state index contributed by atoms with van der Waals surface area (Å²) in [6.07, 6.45) is 0. The molecule has 1 amide bonds. The molecule has 1 N–H and O–H groups in total. The van der Waals surface area contributed by atoms with Gasteiger partial charge in [-0.05, 0) is 24.6 Å². The molecule has 1 heterocycles. The first-order valence-corrected chi connectivity index (χ1v) is 11.6. The van der Waals surface area contributed by atoms with Crippen molar-refractivity contribution in [3.05, 3.63) is 130 Å². The van der Waals surface area contributed by atoms with Gasteiger partial charge in [-0.25, -0.2) is 4.98 Å². The third kappa shape index (κ3) is 3.33. The number of carbonyl (C=O) groups excluding carboxylic acids is 3. The number of amides is 1. The molecule has 5 nitrogen and oxygen atoms in total. The minimum absolute atomic E-state index is 0.217. The fourth-order valence-corrected chi connectivity index (χ4v) is 4.91. The van der Waals surface area contributed by atoms with Gasteiger partial charge >= 0.3 is 0 Å². The summed E-state index contributed by atoms with van der Waals surface area (Å²) in [5.74, 6) is -0.874. The van der Waals surface area contributed by atoms with E-state index >= 15 is 0 Å². The molecular weight excluding hydrogens is 448 g/mol. The quantitative estimate of drug-likeness (QED) is 0.334. The van der Waals surface area contributed by atoms with E-state index in [-0.39, 0.29) is 28.6 Å². The van der Waals surface area contributed by atoms with Crippen LogP contribution in [0.1, 0.15) is 47.8 Å². The van der Waals surface area contributed by atoms with Crippen molar-refractivity contribution in [2.75, 3.05) is 5.32 Å². The molecule has 4 aromatic carbocycles. The van der Waals surface area contributed by atoms with Crippen LogP contribution in [0.4, 0.5) is 5.69 Å². The fraction of sp³-hybridized carbons (Fsp3) is 0.0323. The first kappa shape index (κ1) is 21.6. The second kappa shape index (κ2) is 8.40. The molecule has 0 unspecified atom stereocenters. The van der Waals surface area contributed by atoms with Gasteiger partial charge in [0.25, 0.3) is 5.91 Å². The Kier molecular flexibility index (Phi) is 5.04. The minimum Gasteiger partial charge on any atom is -0.321 e. The highest BCUT2D eigenvalue weighted by Gasteiger charge is 2.32. The Bertz CT molecular complexity index is 1720. The number of aromatic nitrogens is 1. The van der Waals surface area contributed by atoms with Gasteiger partial charge in [0.05, 0.1) is 28.0 Å². The molecule has 5 heteroatoms. The van der Waals surface area contributed by atoms with Crippen LogP contribution in [-0.2, 0) is 0 Å². The van der Waals surface area contributed by atoms with Crippen LogP contribution >= 0.6 is 0 Å². The zero-order valence-corrected chi connectivity index (χ0v) is 19.4. The lowest BCUT2D eigenvalue weighted by Crippen LogP contribution is -2.24. The number of anilines is 1. The number of fused-ring (bicyclic) bond motifs is 3. The summed E-state index contributed by atoms with van der Waals surface area (Å²) in [5.41, 5.74) is 5.07. The van der Waals surface area contributed by atoms with Crippen LogP contribution in [0.15, 0.2) is 97.1 Å². The number of hydrogen-bond acceptors (Lipinski definition) is 4.